The highest BCUT2D eigenvalue weighted by Gasteiger charge is 2.61. The molecular formula is C33H40FN5O10S. The monoisotopic (exact) mass is 717 g/mol. The van der Waals surface area contributed by atoms with E-state index >= 15 is 0 Å². The van der Waals surface area contributed by atoms with Crippen molar-refractivity contribution >= 4 is 39.6 Å². The minimum Gasteiger partial charge on any atom is -0.481 e. The van der Waals surface area contributed by atoms with Crippen LogP contribution in [0.15, 0.2) is 60.0 Å². The number of benzene rings is 2. The summed E-state index contributed by atoms with van der Waals surface area (Å²) in [4.78, 5) is 51.3. The van der Waals surface area contributed by atoms with Crippen LogP contribution < -0.4 is 20.7 Å². The molecule has 2 fully saturated rings. The molecule has 0 aromatic heterocycles. The van der Waals surface area contributed by atoms with Crippen molar-refractivity contribution in [3.05, 3.63) is 72.1 Å². The van der Waals surface area contributed by atoms with Crippen LogP contribution in [0.3, 0.4) is 0 Å². The van der Waals surface area contributed by atoms with Crippen LogP contribution in [0.25, 0.3) is 0 Å². The molecule has 270 valence electrons. The van der Waals surface area contributed by atoms with Gasteiger partial charge in [0.2, 0.25) is 5.91 Å². The third-order valence-electron chi connectivity index (χ3n) is 8.71. The van der Waals surface area contributed by atoms with Gasteiger partial charge in [-0.25, -0.2) is 22.3 Å². The highest BCUT2D eigenvalue weighted by Crippen LogP contribution is 2.45. The van der Waals surface area contributed by atoms with Crippen molar-refractivity contribution < 1.29 is 51.3 Å². The van der Waals surface area contributed by atoms with E-state index in [0.717, 1.165) is 0 Å². The summed E-state index contributed by atoms with van der Waals surface area (Å²) in [6.45, 7) is 5.10. The first-order valence-electron chi connectivity index (χ1n) is 16.1. The Morgan fingerprint density at radius 2 is 1.82 bits per heavy atom. The smallest absolute Gasteiger partial charge is 0.410 e. The van der Waals surface area contributed by atoms with Gasteiger partial charge in [0.15, 0.2) is 0 Å². The van der Waals surface area contributed by atoms with Crippen LogP contribution in [0.4, 0.5) is 14.9 Å². The molecule has 3 aliphatic rings. The minimum absolute atomic E-state index is 0.0710. The number of rotatable bonds is 17. The Balaban J connectivity index is 1.11. The topological polar surface area (TPSA) is 202 Å². The SMILES string of the molecule is C=C[C@@H]1C[C@]1(NC(=O)[C@@H]1C[C@@H](OC(=O)N2Cc3cccc(F)c3C2)CN1)C(=O)NS(=O)(=O)c1ccccc1NCCOCCOCCC(=O)O. The van der Waals surface area contributed by atoms with Crippen LogP contribution in [0.5, 0.6) is 0 Å². The van der Waals surface area contributed by atoms with E-state index in [4.69, 9.17) is 19.3 Å². The quantitative estimate of drug-likeness (QED) is 0.117. The fourth-order valence-corrected chi connectivity index (χ4v) is 7.14. The fourth-order valence-electron chi connectivity index (χ4n) is 5.92. The van der Waals surface area contributed by atoms with Gasteiger partial charge >= 0.3 is 12.1 Å². The average molecular weight is 718 g/mol. The zero-order valence-corrected chi connectivity index (χ0v) is 28.0. The number of nitrogens with zero attached hydrogens (tertiary/aromatic N) is 1. The number of nitrogens with one attached hydrogen (secondary N) is 4. The summed E-state index contributed by atoms with van der Waals surface area (Å²) < 4.78 is 59.2. The Bertz CT molecular complexity index is 1730. The first kappa shape index (κ1) is 36.7. The van der Waals surface area contributed by atoms with E-state index in [1.54, 1.807) is 18.2 Å². The van der Waals surface area contributed by atoms with Gasteiger partial charge in [-0.3, -0.25) is 19.3 Å². The van der Waals surface area contributed by atoms with E-state index in [9.17, 15) is 32.0 Å². The second-order valence-electron chi connectivity index (χ2n) is 12.2. The third kappa shape index (κ3) is 8.76. The Kier molecular flexibility index (Phi) is 11.7. The van der Waals surface area contributed by atoms with Gasteiger partial charge in [-0.2, -0.15) is 0 Å². The molecule has 2 aromatic carbocycles. The maximum absolute atomic E-state index is 14.1. The predicted molar refractivity (Wildman–Crippen MR) is 176 cm³/mol. The van der Waals surface area contributed by atoms with Gasteiger partial charge < -0.3 is 35.3 Å². The van der Waals surface area contributed by atoms with Gasteiger partial charge in [0.1, 0.15) is 22.4 Å². The summed E-state index contributed by atoms with van der Waals surface area (Å²) in [7, 11) is -4.40. The average Bonchev–Trinajstić information content (AvgIpc) is 3.36. The summed E-state index contributed by atoms with van der Waals surface area (Å²) in [6.07, 6.45) is 0.328. The summed E-state index contributed by atoms with van der Waals surface area (Å²) in [5, 5.41) is 17.3. The Morgan fingerprint density at radius 3 is 2.54 bits per heavy atom. The second-order valence-corrected chi connectivity index (χ2v) is 13.8. The number of hydrogen-bond donors (Lipinski definition) is 5. The molecule has 1 saturated carbocycles. The molecule has 17 heteroatoms. The number of fused-ring (bicyclic) bond motifs is 1. The van der Waals surface area contributed by atoms with E-state index < -0.39 is 57.5 Å². The lowest BCUT2D eigenvalue weighted by molar-refractivity contribution is -0.138. The van der Waals surface area contributed by atoms with E-state index in [0.29, 0.717) is 11.1 Å². The molecule has 0 bridgehead atoms. The number of ether oxygens (including phenoxy) is 3. The van der Waals surface area contributed by atoms with E-state index in [1.165, 1.54) is 35.2 Å². The lowest BCUT2D eigenvalue weighted by Gasteiger charge is -2.22. The lowest BCUT2D eigenvalue weighted by Crippen LogP contribution is -2.55. The van der Waals surface area contributed by atoms with Crippen molar-refractivity contribution in [1.82, 2.24) is 20.3 Å². The highest BCUT2D eigenvalue weighted by atomic mass is 32.2. The van der Waals surface area contributed by atoms with Gasteiger partial charge in [-0.15, -0.1) is 6.58 Å². The van der Waals surface area contributed by atoms with Crippen LogP contribution in [0, 0.1) is 11.7 Å². The minimum atomic E-state index is -4.40. The van der Waals surface area contributed by atoms with Gasteiger partial charge in [-0.1, -0.05) is 30.3 Å². The number of sulfonamides is 1. The number of amides is 3. The van der Waals surface area contributed by atoms with E-state index in [-0.39, 0.29) is 88.3 Å². The number of carboxylic acid groups (broad SMARTS) is 1. The van der Waals surface area contributed by atoms with E-state index in [1.807, 2.05) is 0 Å². The molecule has 2 heterocycles. The normalized spacial score (nSPS) is 22.3. The van der Waals surface area contributed by atoms with Crippen molar-refractivity contribution in [2.45, 2.75) is 54.9 Å². The van der Waals surface area contributed by atoms with Gasteiger partial charge in [0, 0.05) is 37.5 Å². The molecule has 3 amide bonds. The Hall–Kier alpha value is -4.58. The number of halogens is 1. The number of para-hydroxylation sites is 1. The summed E-state index contributed by atoms with van der Waals surface area (Å²) in [5.74, 6) is -3.35. The van der Waals surface area contributed by atoms with Crippen LogP contribution in [-0.2, 0) is 51.7 Å². The van der Waals surface area contributed by atoms with Crippen LogP contribution in [0.2, 0.25) is 0 Å². The summed E-state index contributed by atoms with van der Waals surface area (Å²) in [5.41, 5.74) is -0.174. The first-order chi connectivity index (χ1) is 23.9. The molecule has 5 rings (SSSR count). The number of hydrogen-bond acceptors (Lipinski definition) is 11. The number of aliphatic carboxylic acids is 1. The van der Waals surface area contributed by atoms with Crippen molar-refractivity contribution in [3.63, 3.8) is 0 Å². The predicted octanol–water partition coefficient (Wildman–Crippen LogP) is 1.49. The Morgan fingerprint density at radius 1 is 1.06 bits per heavy atom. The second kappa shape index (κ2) is 16.0. The van der Waals surface area contributed by atoms with Crippen molar-refractivity contribution in [2.24, 2.45) is 5.92 Å². The summed E-state index contributed by atoms with van der Waals surface area (Å²) >= 11 is 0. The zero-order valence-electron chi connectivity index (χ0n) is 27.2. The highest BCUT2D eigenvalue weighted by molar-refractivity contribution is 7.90. The lowest BCUT2D eigenvalue weighted by atomic mass is 10.1. The van der Waals surface area contributed by atoms with Crippen molar-refractivity contribution in [2.75, 3.05) is 44.8 Å². The van der Waals surface area contributed by atoms with E-state index in [2.05, 4.69) is 27.3 Å². The molecule has 1 aliphatic carbocycles. The molecule has 50 heavy (non-hydrogen) atoms. The van der Waals surface area contributed by atoms with Crippen LogP contribution in [0.1, 0.15) is 30.4 Å². The third-order valence-corrected chi connectivity index (χ3v) is 10.1. The maximum atomic E-state index is 14.1. The van der Waals surface area contributed by atoms with Crippen molar-refractivity contribution in [1.29, 1.82) is 0 Å². The van der Waals surface area contributed by atoms with Crippen LogP contribution >= 0.6 is 0 Å². The molecule has 0 radical (unpaired) electrons. The molecule has 0 unspecified atom stereocenters. The number of carbonyl (C=O) groups is 4. The van der Waals surface area contributed by atoms with Crippen molar-refractivity contribution in [3.8, 4) is 0 Å². The molecule has 1 saturated heterocycles. The number of carboxylic acids is 1. The fraction of sp³-hybridized carbons (Fsp3) is 0.455. The van der Waals surface area contributed by atoms with Gasteiger partial charge in [-0.05, 0) is 30.2 Å². The molecule has 2 aliphatic heterocycles. The molecule has 15 nitrogen and oxygen atoms in total. The number of anilines is 1. The first-order valence-corrected chi connectivity index (χ1v) is 17.6. The maximum Gasteiger partial charge on any atom is 0.410 e. The van der Waals surface area contributed by atoms with Gasteiger partial charge in [0.25, 0.3) is 15.9 Å². The molecule has 5 N–H and O–H groups in total. The standard InChI is InChI=1S/C33H40FN5O10S/c1-2-22-17-33(22,37-30(42)27-16-23(18-36-27)49-32(44)39-19-21-6-5-7-25(34)24(21)20-39)31(43)38-50(45,46)28-9-4-3-8-26(28)35-11-13-48-15-14-47-12-10-29(40)41/h2-9,22-23,27,35-36H,1,10-20H2,(H,37,42)(H,38,43)(H,40,41)/t22-,23-,27+,33-/m1/s1. The largest absolute Gasteiger partial charge is 0.481 e. The Labute approximate surface area is 288 Å². The molecule has 0 spiro atoms. The molecular weight excluding hydrogens is 677 g/mol. The molecule has 2 aromatic rings. The molecule has 4 atom stereocenters. The zero-order chi connectivity index (χ0) is 35.9. The van der Waals surface area contributed by atoms with Crippen LogP contribution in [-0.4, -0.2) is 99.5 Å². The number of carbonyl (C=O) groups excluding carboxylic acids is 3. The van der Waals surface area contributed by atoms with Gasteiger partial charge in [0.05, 0.1) is 51.1 Å². The summed E-state index contributed by atoms with van der Waals surface area (Å²) in [6, 6.07) is 9.84.